The van der Waals surface area contributed by atoms with Crippen molar-refractivity contribution < 1.29 is 4.79 Å². The van der Waals surface area contributed by atoms with Gasteiger partial charge in [0, 0.05) is 31.9 Å². The van der Waals surface area contributed by atoms with Gasteiger partial charge in [-0.05, 0) is 30.0 Å². The Kier molecular flexibility index (Phi) is 4.57. The molecule has 1 fully saturated rings. The van der Waals surface area contributed by atoms with E-state index in [0.717, 1.165) is 26.2 Å². The van der Waals surface area contributed by atoms with Crippen LogP contribution in [0, 0.1) is 12.3 Å². The molecule has 21 heavy (non-hydrogen) atoms. The van der Waals surface area contributed by atoms with E-state index in [1.807, 2.05) is 25.7 Å². The molecule has 1 saturated heterocycles. The number of carbonyl (C=O) groups excluding carboxylic acids is 1. The number of nitrogens with zero attached hydrogens (tertiary/aromatic N) is 2. The maximum atomic E-state index is 12.4. The minimum atomic E-state index is -0.428. The molecule has 2 N–H and O–H groups in total. The summed E-state index contributed by atoms with van der Waals surface area (Å²) in [6.45, 7) is 11.4. The van der Waals surface area contributed by atoms with Crippen molar-refractivity contribution in [2.75, 3.05) is 31.1 Å². The molecule has 1 heterocycles. The van der Waals surface area contributed by atoms with Gasteiger partial charge in [-0.15, -0.1) is 0 Å². The Balaban J connectivity index is 1.96. The number of aryl methyl sites for hydroxylation is 1. The zero-order valence-electron chi connectivity index (χ0n) is 13.6. The molecule has 1 aromatic carbocycles. The third kappa shape index (κ3) is 3.76. The topological polar surface area (TPSA) is 49.6 Å². The van der Waals surface area contributed by atoms with Gasteiger partial charge in [0.1, 0.15) is 0 Å². The first kappa shape index (κ1) is 15.8. The van der Waals surface area contributed by atoms with Gasteiger partial charge in [-0.1, -0.05) is 32.9 Å². The molecule has 4 nitrogen and oxygen atoms in total. The van der Waals surface area contributed by atoms with Crippen LogP contribution in [-0.2, 0) is 4.79 Å². The van der Waals surface area contributed by atoms with Crippen molar-refractivity contribution in [3.05, 3.63) is 29.8 Å². The summed E-state index contributed by atoms with van der Waals surface area (Å²) in [5.74, 6) is 0.0754. The molecular formula is C17H27N3O. The normalized spacial score (nSPS) is 17.8. The molecule has 1 amide bonds. The second kappa shape index (κ2) is 6.06. The van der Waals surface area contributed by atoms with Crippen molar-refractivity contribution in [3.8, 4) is 0 Å². The summed E-state index contributed by atoms with van der Waals surface area (Å²) in [5, 5.41) is 0. The Bertz CT molecular complexity index is 499. The van der Waals surface area contributed by atoms with Crippen molar-refractivity contribution in [1.82, 2.24) is 4.90 Å². The summed E-state index contributed by atoms with van der Waals surface area (Å²) < 4.78 is 0. The van der Waals surface area contributed by atoms with Gasteiger partial charge in [0.15, 0.2) is 0 Å². The lowest BCUT2D eigenvalue weighted by atomic mass is 9.86. The molecule has 0 saturated carbocycles. The number of hydrogen-bond acceptors (Lipinski definition) is 3. The highest BCUT2D eigenvalue weighted by molar-refractivity contribution is 5.82. The molecule has 1 aliphatic rings. The quantitative estimate of drug-likeness (QED) is 0.906. The average molecular weight is 289 g/mol. The van der Waals surface area contributed by atoms with Gasteiger partial charge >= 0.3 is 0 Å². The van der Waals surface area contributed by atoms with Crippen LogP contribution >= 0.6 is 0 Å². The minimum absolute atomic E-state index is 0.0754. The molecular weight excluding hydrogens is 262 g/mol. The maximum absolute atomic E-state index is 12.4. The second-order valence-corrected chi connectivity index (χ2v) is 7.00. The molecule has 1 aliphatic heterocycles. The fourth-order valence-electron chi connectivity index (χ4n) is 2.58. The van der Waals surface area contributed by atoms with Crippen molar-refractivity contribution >= 4 is 11.6 Å². The molecule has 0 unspecified atom stereocenters. The van der Waals surface area contributed by atoms with Crippen LogP contribution in [0.1, 0.15) is 26.3 Å². The number of amides is 1. The van der Waals surface area contributed by atoms with Crippen molar-refractivity contribution in [2.45, 2.75) is 33.7 Å². The number of benzene rings is 1. The number of hydrogen-bond donors (Lipinski definition) is 1. The van der Waals surface area contributed by atoms with Gasteiger partial charge in [-0.2, -0.15) is 0 Å². The van der Waals surface area contributed by atoms with Gasteiger partial charge in [-0.25, -0.2) is 0 Å². The second-order valence-electron chi connectivity index (χ2n) is 7.00. The van der Waals surface area contributed by atoms with Crippen molar-refractivity contribution in [2.24, 2.45) is 11.1 Å². The minimum Gasteiger partial charge on any atom is -0.368 e. The highest BCUT2D eigenvalue weighted by atomic mass is 16.2. The van der Waals surface area contributed by atoms with Gasteiger partial charge in [-0.3, -0.25) is 4.79 Å². The average Bonchev–Trinajstić information content (AvgIpc) is 2.45. The van der Waals surface area contributed by atoms with Crippen LogP contribution in [0.5, 0.6) is 0 Å². The molecule has 4 heteroatoms. The summed E-state index contributed by atoms with van der Waals surface area (Å²) >= 11 is 0. The highest BCUT2D eigenvalue weighted by Crippen LogP contribution is 2.21. The smallest absolute Gasteiger partial charge is 0.240 e. The number of nitrogens with two attached hydrogens (primary N) is 1. The lowest BCUT2D eigenvalue weighted by Crippen LogP contribution is -2.56. The Morgan fingerprint density at radius 3 is 2.33 bits per heavy atom. The van der Waals surface area contributed by atoms with Crippen LogP contribution < -0.4 is 10.6 Å². The highest BCUT2D eigenvalue weighted by Gasteiger charge is 2.32. The lowest BCUT2D eigenvalue weighted by molar-refractivity contribution is -0.135. The van der Waals surface area contributed by atoms with Crippen molar-refractivity contribution in [3.63, 3.8) is 0 Å². The summed E-state index contributed by atoms with van der Waals surface area (Å²) in [6, 6.07) is 8.08. The van der Waals surface area contributed by atoms with Crippen LogP contribution in [0.15, 0.2) is 24.3 Å². The first-order valence-electron chi connectivity index (χ1n) is 7.65. The lowest BCUT2D eigenvalue weighted by Gasteiger charge is -2.39. The zero-order valence-corrected chi connectivity index (χ0v) is 13.6. The Morgan fingerprint density at radius 1 is 1.19 bits per heavy atom. The van der Waals surface area contributed by atoms with Crippen LogP contribution in [0.25, 0.3) is 0 Å². The van der Waals surface area contributed by atoms with E-state index in [-0.39, 0.29) is 11.3 Å². The van der Waals surface area contributed by atoms with Gasteiger partial charge in [0.25, 0.3) is 0 Å². The number of anilines is 1. The Morgan fingerprint density at radius 2 is 1.81 bits per heavy atom. The Hall–Kier alpha value is -1.55. The SMILES string of the molecule is Cc1cccc(N2CCN(C(=O)[C@@H](N)C(C)(C)C)CC2)c1. The van der Waals surface area contributed by atoms with Gasteiger partial charge < -0.3 is 15.5 Å². The van der Waals surface area contributed by atoms with E-state index < -0.39 is 6.04 Å². The summed E-state index contributed by atoms with van der Waals surface area (Å²) in [5.41, 5.74) is 8.40. The van der Waals surface area contributed by atoms with Crippen LogP contribution in [0.3, 0.4) is 0 Å². The molecule has 1 aromatic rings. The molecule has 0 bridgehead atoms. The summed E-state index contributed by atoms with van der Waals surface area (Å²) in [4.78, 5) is 16.7. The third-order valence-electron chi connectivity index (χ3n) is 4.16. The molecule has 0 spiro atoms. The maximum Gasteiger partial charge on any atom is 0.240 e. The summed E-state index contributed by atoms with van der Waals surface area (Å²) in [6.07, 6.45) is 0. The van der Waals surface area contributed by atoms with Gasteiger partial charge in [0.2, 0.25) is 5.91 Å². The molecule has 0 radical (unpaired) electrons. The predicted octanol–water partition coefficient (Wildman–Crippen LogP) is 2.02. The van der Waals surface area contributed by atoms with E-state index in [1.165, 1.54) is 11.3 Å². The number of rotatable bonds is 2. The fraction of sp³-hybridized carbons (Fsp3) is 0.588. The van der Waals surface area contributed by atoms with E-state index in [0.29, 0.717) is 0 Å². The van der Waals surface area contributed by atoms with Crippen molar-refractivity contribution in [1.29, 1.82) is 0 Å². The Labute approximate surface area is 127 Å². The molecule has 2 rings (SSSR count). The fourth-order valence-corrected chi connectivity index (χ4v) is 2.58. The standard InChI is InChI=1S/C17H27N3O/c1-13-6-5-7-14(12-13)19-8-10-20(11-9-19)16(21)15(18)17(2,3)4/h5-7,12,15H,8-11,18H2,1-4H3/t15-/m1/s1. The summed E-state index contributed by atoms with van der Waals surface area (Å²) in [7, 11) is 0. The van der Waals surface area contributed by atoms with Crippen LogP contribution in [0.4, 0.5) is 5.69 Å². The van der Waals surface area contributed by atoms with E-state index in [1.54, 1.807) is 0 Å². The largest absolute Gasteiger partial charge is 0.368 e. The van der Waals surface area contributed by atoms with E-state index in [2.05, 4.69) is 36.1 Å². The third-order valence-corrected chi connectivity index (χ3v) is 4.16. The first-order chi connectivity index (χ1) is 9.79. The number of piperazine rings is 1. The van der Waals surface area contributed by atoms with Crippen LogP contribution in [0.2, 0.25) is 0 Å². The van der Waals surface area contributed by atoms with E-state index in [4.69, 9.17) is 5.73 Å². The molecule has 116 valence electrons. The van der Waals surface area contributed by atoms with E-state index >= 15 is 0 Å². The number of carbonyl (C=O) groups is 1. The molecule has 1 atom stereocenters. The monoisotopic (exact) mass is 289 g/mol. The molecule has 0 aliphatic carbocycles. The molecule has 0 aromatic heterocycles. The van der Waals surface area contributed by atoms with Crippen LogP contribution in [-0.4, -0.2) is 43.0 Å². The zero-order chi connectivity index (χ0) is 15.6. The predicted molar refractivity (Wildman–Crippen MR) is 87.4 cm³/mol. The van der Waals surface area contributed by atoms with E-state index in [9.17, 15) is 4.79 Å². The van der Waals surface area contributed by atoms with Gasteiger partial charge in [0.05, 0.1) is 6.04 Å². The first-order valence-corrected chi connectivity index (χ1v) is 7.65.